The number of aromatic hydroxyl groups is 1. The zero-order valence-electron chi connectivity index (χ0n) is 29.7. The van der Waals surface area contributed by atoms with Crippen molar-refractivity contribution < 1.29 is 58.7 Å². The molecule has 0 heterocycles. The normalized spacial score (nSPS) is 24.0. The molecule has 5 rings (SSSR count). The Morgan fingerprint density at radius 3 is 2.29 bits per heavy atom. The predicted molar refractivity (Wildman–Crippen MR) is 184 cm³/mol. The molecule has 0 aromatic heterocycles. The van der Waals surface area contributed by atoms with Crippen LogP contribution in [-0.2, 0) is 39.9 Å². The van der Waals surface area contributed by atoms with Crippen LogP contribution in [0.25, 0.3) is 5.76 Å². The van der Waals surface area contributed by atoms with Gasteiger partial charge in [0.2, 0.25) is 18.5 Å². The minimum Gasteiger partial charge on any atom is -0.508 e. The van der Waals surface area contributed by atoms with Gasteiger partial charge in [-0.2, -0.15) is 0 Å². The summed E-state index contributed by atoms with van der Waals surface area (Å²) in [6.45, 7) is 0.763. The first kappa shape index (κ1) is 38.1. The van der Waals surface area contributed by atoms with Crippen LogP contribution in [-0.4, -0.2) is 125 Å². The molecule has 0 spiro atoms. The van der Waals surface area contributed by atoms with Gasteiger partial charge in [-0.1, -0.05) is 13.3 Å². The Morgan fingerprint density at radius 1 is 1.06 bits per heavy atom. The number of fused-ring (bicyclic) bond motifs is 3. The van der Waals surface area contributed by atoms with Crippen molar-refractivity contribution in [3.8, 4) is 5.75 Å². The number of benzene rings is 1. The van der Waals surface area contributed by atoms with Crippen LogP contribution >= 0.6 is 0 Å². The Bertz CT molecular complexity index is 1780. The van der Waals surface area contributed by atoms with Gasteiger partial charge in [0.05, 0.1) is 23.2 Å². The van der Waals surface area contributed by atoms with Crippen molar-refractivity contribution in [3.63, 3.8) is 0 Å². The number of aliphatic hydroxyl groups is 3. The molecule has 0 aliphatic heterocycles. The third-order valence-corrected chi connectivity index (χ3v) is 10.4. The Hall–Kier alpha value is -5.16. The average molecular weight is 728 g/mol. The van der Waals surface area contributed by atoms with Crippen LogP contribution in [0.1, 0.15) is 50.2 Å². The number of likely N-dealkylation sites (N-methyl/N-ethyl adjacent to an activating group) is 1. The summed E-state index contributed by atoms with van der Waals surface area (Å²) in [5.41, 5.74) is 1.79. The average Bonchev–Trinajstić information content (AvgIpc) is 3.02. The van der Waals surface area contributed by atoms with E-state index >= 15 is 0 Å². The van der Waals surface area contributed by atoms with E-state index in [1.807, 2.05) is 0 Å². The lowest BCUT2D eigenvalue weighted by atomic mass is 9.57. The number of phenols is 1. The number of ketones is 2. The highest BCUT2D eigenvalue weighted by atomic mass is 16.7. The Labute approximate surface area is 299 Å². The summed E-state index contributed by atoms with van der Waals surface area (Å²) in [4.78, 5) is 82.0. The van der Waals surface area contributed by atoms with Crippen molar-refractivity contribution in [2.45, 2.75) is 57.1 Å². The van der Waals surface area contributed by atoms with Gasteiger partial charge < -0.3 is 45.9 Å². The number of anilines is 2. The van der Waals surface area contributed by atoms with E-state index in [1.165, 1.54) is 25.1 Å². The summed E-state index contributed by atoms with van der Waals surface area (Å²) in [5, 5.41) is 48.7. The van der Waals surface area contributed by atoms with E-state index in [9.17, 15) is 49.2 Å². The molecule has 4 aliphatic carbocycles. The maximum Gasteiger partial charge on any atom is 0.413 e. The van der Waals surface area contributed by atoms with Gasteiger partial charge in [-0.25, -0.2) is 4.79 Å². The highest BCUT2D eigenvalue weighted by Gasteiger charge is 2.64. The molecule has 0 radical (unpaired) electrons. The van der Waals surface area contributed by atoms with E-state index in [4.69, 9.17) is 15.2 Å². The lowest BCUT2D eigenvalue weighted by Gasteiger charge is -2.50. The van der Waals surface area contributed by atoms with Gasteiger partial charge >= 0.3 is 12.1 Å². The molecule has 282 valence electrons. The Kier molecular flexibility index (Phi) is 10.6. The highest BCUT2D eigenvalue weighted by Crippen LogP contribution is 2.54. The zero-order valence-corrected chi connectivity index (χ0v) is 29.7. The number of phenolic OH excluding ortho intramolecular Hbond substituents is 1. The number of Topliss-reactive ketones (excluding diaryl/α,β-unsaturated/α-hetero) is 2. The monoisotopic (exact) mass is 727 g/mol. The number of amides is 3. The molecule has 52 heavy (non-hydrogen) atoms. The number of esters is 1. The third kappa shape index (κ3) is 6.42. The largest absolute Gasteiger partial charge is 0.508 e. The standard InChI is InChI=1S/C35H45N5O12/c1-6-10-40(34(49)52-15-51-33(48)16-8-7-9-16)14-22(41)37-20-13-21(38(2)3)18-11-17-12-19-26(39(4)5)29(44)25(32(36)47)31(46)35(19,50)30(45)23(17)28(43)24(18)27(20)42/h13,16-17,19,26,42-43,46,50H,6-12,14-15H2,1-5H3,(H2,36,47)(H,37,41)/t17-,19-,26-,35-/m0/s1. The van der Waals surface area contributed by atoms with Crippen LogP contribution in [0.15, 0.2) is 23.0 Å². The first-order valence-corrected chi connectivity index (χ1v) is 17.0. The number of rotatable bonds is 11. The van der Waals surface area contributed by atoms with Gasteiger partial charge in [0.15, 0.2) is 11.4 Å². The molecule has 2 saturated carbocycles. The second-order valence-electron chi connectivity index (χ2n) is 14.1. The fourth-order valence-corrected chi connectivity index (χ4v) is 7.65. The quantitative estimate of drug-likeness (QED) is 0.0809. The van der Waals surface area contributed by atoms with Crippen molar-refractivity contribution in [1.29, 1.82) is 0 Å². The van der Waals surface area contributed by atoms with Gasteiger partial charge in [0.1, 0.15) is 29.4 Å². The minimum absolute atomic E-state index is 0.0469. The molecule has 7 N–H and O–H groups in total. The third-order valence-electron chi connectivity index (χ3n) is 10.4. The fourth-order valence-electron chi connectivity index (χ4n) is 7.65. The van der Waals surface area contributed by atoms with Crippen LogP contribution in [0.5, 0.6) is 5.75 Å². The lowest BCUT2D eigenvalue weighted by molar-refractivity contribution is -0.160. The van der Waals surface area contributed by atoms with Crippen molar-refractivity contribution in [2.75, 3.05) is 58.3 Å². The van der Waals surface area contributed by atoms with Crippen LogP contribution in [0.2, 0.25) is 0 Å². The van der Waals surface area contributed by atoms with Gasteiger partial charge in [-0.15, -0.1) is 0 Å². The van der Waals surface area contributed by atoms with E-state index in [0.29, 0.717) is 30.5 Å². The summed E-state index contributed by atoms with van der Waals surface area (Å²) in [7, 11) is 6.41. The molecule has 1 aromatic rings. The number of nitrogens with zero attached hydrogens (tertiary/aromatic N) is 3. The summed E-state index contributed by atoms with van der Waals surface area (Å²) in [6, 6.07) is 0.248. The van der Waals surface area contributed by atoms with Crippen molar-refractivity contribution >= 4 is 52.6 Å². The molecule has 0 bridgehead atoms. The number of hydrogen-bond acceptors (Lipinski definition) is 14. The van der Waals surface area contributed by atoms with Gasteiger partial charge in [-0.3, -0.25) is 33.8 Å². The number of carbonyl (C=O) groups excluding carboxylic acids is 6. The molecule has 1 aromatic carbocycles. The van der Waals surface area contributed by atoms with Gasteiger partial charge in [0.25, 0.3) is 5.91 Å². The Balaban J connectivity index is 1.46. The molecule has 3 amide bonds. The maximum absolute atomic E-state index is 14.2. The molecule has 4 atom stereocenters. The number of ether oxygens (including phenoxy) is 2. The van der Waals surface area contributed by atoms with Crippen molar-refractivity contribution in [1.82, 2.24) is 9.80 Å². The molecule has 2 fully saturated rings. The van der Waals surface area contributed by atoms with E-state index < -0.39 is 95.1 Å². The molecule has 0 saturated heterocycles. The molecular formula is C35H45N5O12. The first-order chi connectivity index (χ1) is 24.4. The summed E-state index contributed by atoms with van der Waals surface area (Å²) >= 11 is 0. The number of primary amides is 1. The summed E-state index contributed by atoms with van der Waals surface area (Å²) < 4.78 is 10.1. The van der Waals surface area contributed by atoms with Crippen LogP contribution < -0.4 is 16.0 Å². The SMILES string of the molecule is CCCN(CC(=O)Nc1cc(N(C)C)c2c(c1O)C(O)=C1C(=O)[C@]3(O)C(O)=C(C(N)=O)C(=O)[C@@H](N(C)C)[C@@H]3C[C@@H]1C2)C(=O)OCOC(=O)C1CCC1. The van der Waals surface area contributed by atoms with E-state index in [0.717, 1.165) is 11.3 Å². The summed E-state index contributed by atoms with van der Waals surface area (Å²) in [5.74, 6) is -9.33. The first-order valence-electron chi connectivity index (χ1n) is 17.0. The molecule has 4 aliphatic rings. The number of aliphatic hydroxyl groups excluding tert-OH is 2. The van der Waals surface area contributed by atoms with Gasteiger partial charge in [0, 0.05) is 37.8 Å². The number of hydrogen-bond donors (Lipinski definition) is 6. The van der Waals surface area contributed by atoms with E-state index in [1.54, 1.807) is 25.9 Å². The summed E-state index contributed by atoms with van der Waals surface area (Å²) in [6.07, 6.45) is 1.87. The van der Waals surface area contributed by atoms with E-state index in [-0.39, 0.29) is 42.1 Å². The maximum atomic E-state index is 14.2. The van der Waals surface area contributed by atoms with Gasteiger partial charge in [-0.05, 0) is 63.7 Å². The van der Waals surface area contributed by atoms with Crippen molar-refractivity contribution in [2.24, 2.45) is 23.5 Å². The second-order valence-corrected chi connectivity index (χ2v) is 14.1. The molecular weight excluding hydrogens is 682 g/mol. The molecule has 0 unspecified atom stereocenters. The predicted octanol–water partition coefficient (Wildman–Crippen LogP) is 1.12. The fraction of sp³-hybridized carbons (Fsp3) is 0.543. The van der Waals surface area contributed by atoms with Crippen LogP contribution in [0, 0.1) is 17.8 Å². The molecule has 17 nitrogen and oxygen atoms in total. The zero-order chi connectivity index (χ0) is 38.4. The molecule has 17 heteroatoms. The lowest BCUT2D eigenvalue weighted by Crippen LogP contribution is -2.65. The van der Waals surface area contributed by atoms with Crippen LogP contribution in [0.4, 0.5) is 16.2 Å². The highest BCUT2D eigenvalue weighted by molar-refractivity contribution is 6.24. The Morgan fingerprint density at radius 2 is 1.73 bits per heavy atom. The topological polar surface area (TPSA) is 250 Å². The van der Waals surface area contributed by atoms with Crippen LogP contribution in [0.3, 0.4) is 0 Å². The van der Waals surface area contributed by atoms with E-state index in [2.05, 4.69) is 5.32 Å². The van der Waals surface area contributed by atoms with Crippen molar-refractivity contribution in [3.05, 3.63) is 34.1 Å². The second kappa shape index (κ2) is 14.5. The smallest absolute Gasteiger partial charge is 0.413 e. The minimum atomic E-state index is -2.80. The number of nitrogens with two attached hydrogens (primary N) is 1. The number of nitrogens with one attached hydrogen (secondary N) is 1. The number of carbonyl (C=O) groups is 6.